The number of nitrogens with zero attached hydrogens (tertiary/aromatic N) is 2. The molecule has 14 heavy (non-hydrogen) atoms. The Hall–Kier alpha value is -1.84. The summed E-state index contributed by atoms with van der Waals surface area (Å²) in [5.41, 5.74) is 0.934. The third-order valence-electron chi connectivity index (χ3n) is 1.78. The smallest absolute Gasteiger partial charge is 0.263 e. The second-order valence-electron chi connectivity index (χ2n) is 2.82. The number of nitrogens with one attached hydrogen (secondary N) is 1. The summed E-state index contributed by atoms with van der Waals surface area (Å²) in [6, 6.07) is 9.69. The highest BCUT2D eigenvalue weighted by Gasteiger charge is 2.06. The van der Waals surface area contributed by atoms with Gasteiger partial charge in [0.15, 0.2) is 0 Å². The maximum Gasteiger partial charge on any atom is 0.263 e. The van der Waals surface area contributed by atoms with Crippen molar-refractivity contribution in [1.29, 1.82) is 0 Å². The minimum Gasteiger partial charge on any atom is -0.352 e. The van der Waals surface area contributed by atoms with Gasteiger partial charge in [0.2, 0.25) is 0 Å². The summed E-state index contributed by atoms with van der Waals surface area (Å²) in [5, 5.41) is 6.77. The van der Waals surface area contributed by atoms with Gasteiger partial charge in [0.05, 0.1) is 0 Å². The van der Waals surface area contributed by atoms with Crippen molar-refractivity contribution in [2.75, 3.05) is 11.9 Å². The lowest BCUT2D eigenvalue weighted by Crippen LogP contribution is -1.97. The molecule has 0 aliphatic heterocycles. The summed E-state index contributed by atoms with van der Waals surface area (Å²) in [7, 11) is 0. The number of aromatic nitrogens is 2. The standard InChI is InChI=1S/C10H11N3O/c1-2-11-10-12-9(14-13-10)8-6-4-3-5-7-8/h3-7H,2H2,1H3,(H,11,13). The molecule has 0 saturated carbocycles. The van der Waals surface area contributed by atoms with E-state index in [0.717, 1.165) is 12.1 Å². The highest BCUT2D eigenvalue weighted by molar-refractivity contribution is 5.53. The zero-order valence-corrected chi connectivity index (χ0v) is 7.90. The zero-order chi connectivity index (χ0) is 9.80. The van der Waals surface area contributed by atoms with Crippen molar-refractivity contribution in [3.8, 4) is 11.5 Å². The van der Waals surface area contributed by atoms with Crippen LogP contribution in [0, 0.1) is 0 Å². The Bertz CT molecular complexity index is 397. The van der Waals surface area contributed by atoms with Crippen molar-refractivity contribution >= 4 is 5.95 Å². The second kappa shape index (κ2) is 3.91. The molecule has 0 unspecified atom stereocenters. The van der Waals surface area contributed by atoms with E-state index in [2.05, 4.69) is 15.5 Å². The Morgan fingerprint density at radius 1 is 1.29 bits per heavy atom. The average molecular weight is 189 g/mol. The summed E-state index contributed by atoms with van der Waals surface area (Å²) in [6.07, 6.45) is 0. The molecule has 0 saturated heterocycles. The minimum absolute atomic E-state index is 0.534. The number of hydrogen-bond donors (Lipinski definition) is 1. The maximum atomic E-state index is 5.08. The van der Waals surface area contributed by atoms with E-state index >= 15 is 0 Å². The van der Waals surface area contributed by atoms with Crippen LogP contribution < -0.4 is 5.32 Å². The van der Waals surface area contributed by atoms with E-state index in [4.69, 9.17) is 4.52 Å². The fourth-order valence-corrected chi connectivity index (χ4v) is 1.15. The molecule has 1 heterocycles. The first-order valence-corrected chi connectivity index (χ1v) is 4.53. The Labute approximate surface area is 82.0 Å². The van der Waals surface area contributed by atoms with E-state index < -0.39 is 0 Å². The van der Waals surface area contributed by atoms with E-state index in [1.165, 1.54) is 0 Å². The normalized spacial score (nSPS) is 10.1. The van der Waals surface area contributed by atoms with Crippen molar-refractivity contribution in [3.63, 3.8) is 0 Å². The van der Waals surface area contributed by atoms with Crippen LogP contribution >= 0.6 is 0 Å². The molecule has 72 valence electrons. The molecular formula is C10H11N3O. The van der Waals surface area contributed by atoms with Gasteiger partial charge in [-0.3, -0.25) is 0 Å². The number of anilines is 1. The quantitative estimate of drug-likeness (QED) is 0.803. The van der Waals surface area contributed by atoms with Crippen molar-refractivity contribution in [1.82, 2.24) is 10.1 Å². The first-order valence-electron chi connectivity index (χ1n) is 4.53. The molecule has 4 heteroatoms. The number of hydrogen-bond acceptors (Lipinski definition) is 4. The molecule has 0 spiro atoms. The Kier molecular flexibility index (Phi) is 2.44. The molecule has 4 nitrogen and oxygen atoms in total. The van der Waals surface area contributed by atoms with Gasteiger partial charge >= 0.3 is 0 Å². The van der Waals surface area contributed by atoms with Crippen LogP contribution in [0.15, 0.2) is 34.9 Å². The second-order valence-corrected chi connectivity index (χ2v) is 2.82. The topological polar surface area (TPSA) is 51.0 Å². The SMILES string of the molecule is CCNc1noc(-c2ccccc2)n1. The molecule has 0 radical (unpaired) electrons. The van der Waals surface area contributed by atoms with Crippen LogP contribution in [0.1, 0.15) is 6.92 Å². The van der Waals surface area contributed by atoms with Gasteiger partial charge in [-0.25, -0.2) is 0 Å². The Morgan fingerprint density at radius 2 is 2.07 bits per heavy atom. The van der Waals surface area contributed by atoms with Crippen molar-refractivity contribution in [3.05, 3.63) is 30.3 Å². The van der Waals surface area contributed by atoms with Crippen LogP contribution in [0.2, 0.25) is 0 Å². The zero-order valence-electron chi connectivity index (χ0n) is 7.90. The summed E-state index contributed by atoms with van der Waals surface area (Å²) < 4.78 is 5.08. The van der Waals surface area contributed by atoms with Crippen LogP contribution in [0.4, 0.5) is 5.95 Å². The molecule has 1 aromatic heterocycles. The highest BCUT2D eigenvalue weighted by Crippen LogP contribution is 2.17. The van der Waals surface area contributed by atoms with Crippen molar-refractivity contribution in [2.24, 2.45) is 0 Å². The predicted molar refractivity (Wildman–Crippen MR) is 53.9 cm³/mol. The molecule has 2 aromatic rings. The lowest BCUT2D eigenvalue weighted by atomic mass is 10.2. The predicted octanol–water partition coefficient (Wildman–Crippen LogP) is 2.17. The number of benzene rings is 1. The lowest BCUT2D eigenvalue weighted by molar-refractivity contribution is 0.432. The van der Waals surface area contributed by atoms with Crippen LogP contribution in [0.25, 0.3) is 11.5 Å². The first-order chi connectivity index (χ1) is 6.90. The molecule has 0 atom stereocenters. The van der Waals surface area contributed by atoms with Gasteiger partial charge in [-0.2, -0.15) is 4.98 Å². The van der Waals surface area contributed by atoms with E-state index in [9.17, 15) is 0 Å². The molecule has 0 aliphatic rings. The summed E-state index contributed by atoms with van der Waals surface area (Å²) in [6.45, 7) is 2.77. The summed E-state index contributed by atoms with van der Waals surface area (Å²) >= 11 is 0. The van der Waals surface area contributed by atoms with Crippen molar-refractivity contribution < 1.29 is 4.52 Å². The fourth-order valence-electron chi connectivity index (χ4n) is 1.15. The van der Waals surface area contributed by atoms with E-state index in [1.54, 1.807) is 0 Å². The molecular weight excluding hydrogens is 178 g/mol. The maximum absolute atomic E-state index is 5.08. The van der Waals surface area contributed by atoms with Gasteiger partial charge < -0.3 is 9.84 Å². The minimum atomic E-state index is 0.534. The van der Waals surface area contributed by atoms with Gasteiger partial charge in [-0.1, -0.05) is 18.2 Å². The van der Waals surface area contributed by atoms with Gasteiger partial charge in [0.1, 0.15) is 0 Å². The monoisotopic (exact) mass is 189 g/mol. The fraction of sp³-hybridized carbons (Fsp3) is 0.200. The van der Waals surface area contributed by atoms with Crippen LogP contribution in [-0.4, -0.2) is 16.7 Å². The Morgan fingerprint density at radius 3 is 2.79 bits per heavy atom. The molecule has 2 rings (SSSR count). The van der Waals surface area contributed by atoms with E-state index in [1.807, 2.05) is 37.3 Å². The van der Waals surface area contributed by atoms with Gasteiger partial charge in [-0.15, -0.1) is 0 Å². The van der Waals surface area contributed by atoms with Gasteiger partial charge in [-0.05, 0) is 24.2 Å². The highest BCUT2D eigenvalue weighted by atomic mass is 16.5. The molecule has 0 amide bonds. The summed E-state index contributed by atoms with van der Waals surface area (Å²) in [5.74, 6) is 1.08. The van der Waals surface area contributed by atoms with Crippen LogP contribution in [-0.2, 0) is 0 Å². The third kappa shape index (κ3) is 1.74. The largest absolute Gasteiger partial charge is 0.352 e. The average Bonchev–Trinajstić information content (AvgIpc) is 2.68. The number of rotatable bonds is 3. The molecule has 1 aromatic carbocycles. The van der Waals surface area contributed by atoms with Gasteiger partial charge in [0, 0.05) is 12.1 Å². The molecule has 1 N–H and O–H groups in total. The first kappa shape index (κ1) is 8.74. The lowest BCUT2D eigenvalue weighted by Gasteiger charge is -1.91. The Balaban J connectivity index is 2.25. The van der Waals surface area contributed by atoms with Crippen molar-refractivity contribution in [2.45, 2.75) is 6.92 Å². The van der Waals surface area contributed by atoms with Crippen LogP contribution in [0.3, 0.4) is 0 Å². The molecule has 0 bridgehead atoms. The van der Waals surface area contributed by atoms with Gasteiger partial charge in [0.25, 0.3) is 11.8 Å². The third-order valence-corrected chi connectivity index (χ3v) is 1.78. The molecule has 0 aliphatic carbocycles. The van der Waals surface area contributed by atoms with E-state index in [0.29, 0.717) is 11.8 Å². The molecule has 0 fully saturated rings. The summed E-state index contributed by atoms with van der Waals surface area (Å²) in [4.78, 5) is 4.18. The van der Waals surface area contributed by atoms with Crippen LogP contribution in [0.5, 0.6) is 0 Å². The van der Waals surface area contributed by atoms with E-state index in [-0.39, 0.29) is 0 Å².